The molecule has 3 rings (SSSR count). The first kappa shape index (κ1) is 25.3. The van der Waals surface area contributed by atoms with Gasteiger partial charge in [-0.1, -0.05) is 41.4 Å². The Morgan fingerprint density at radius 2 is 1.84 bits per heavy atom. The first-order valence-corrected chi connectivity index (χ1v) is 10.5. The molecule has 0 radical (unpaired) electrons. The summed E-state index contributed by atoms with van der Waals surface area (Å²) in [5.41, 5.74) is 1.67. The molecular formula is C22H25Cl3N2O4. The third-order valence-corrected chi connectivity index (χ3v) is 5.84. The van der Waals surface area contributed by atoms with Gasteiger partial charge in [-0.05, 0) is 48.2 Å². The van der Waals surface area contributed by atoms with Crippen LogP contribution in [-0.4, -0.2) is 53.5 Å². The quantitative estimate of drug-likeness (QED) is 0.586. The van der Waals surface area contributed by atoms with Crippen LogP contribution in [0.5, 0.6) is 5.75 Å². The zero-order valence-corrected chi connectivity index (χ0v) is 19.4. The summed E-state index contributed by atoms with van der Waals surface area (Å²) in [7, 11) is 1.79. The Morgan fingerprint density at radius 1 is 1.13 bits per heavy atom. The summed E-state index contributed by atoms with van der Waals surface area (Å²) in [4.78, 5) is 27.9. The number of hydrogen-bond acceptors (Lipinski definition) is 4. The lowest BCUT2D eigenvalue weighted by molar-refractivity contribution is -0.139. The fourth-order valence-corrected chi connectivity index (χ4v) is 3.98. The Morgan fingerprint density at radius 3 is 2.48 bits per heavy atom. The van der Waals surface area contributed by atoms with Crippen LogP contribution in [0.2, 0.25) is 10.0 Å². The maximum Gasteiger partial charge on any atom is 0.341 e. The summed E-state index contributed by atoms with van der Waals surface area (Å²) < 4.78 is 5.33. The van der Waals surface area contributed by atoms with E-state index in [1.807, 2.05) is 12.1 Å². The second kappa shape index (κ2) is 11.6. The predicted molar refractivity (Wildman–Crippen MR) is 123 cm³/mol. The summed E-state index contributed by atoms with van der Waals surface area (Å²) in [6, 6.07) is 12.5. The molecule has 1 aliphatic rings. The van der Waals surface area contributed by atoms with Crippen molar-refractivity contribution in [3.8, 4) is 5.75 Å². The van der Waals surface area contributed by atoms with Gasteiger partial charge < -0.3 is 14.7 Å². The second-order valence-corrected chi connectivity index (χ2v) is 8.12. The van der Waals surface area contributed by atoms with E-state index >= 15 is 0 Å². The Hall–Kier alpha value is -1.99. The number of carbonyl (C=O) groups is 2. The van der Waals surface area contributed by atoms with Crippen LogP contribution in [-0.2, 0) is 16.0 Å². The Balaban J connectivity index is 0.00000341. The van der Waals surface area contributed by atoms with Crippen molar-refractivity contribution in [2.45, 2.75) is 25.4 Å². The number of aliphatic carboxylic acids is 1. The number of likely N-dealkylation sites (N-methyl/N-ethyl adjacent to an activating group) is 1. The van der Waals surface area contributed by atoms with Crippen molar-refractivity contribution in [2.75, 3.05) is 26.7 Å². The number of likely N-dealkylation sites (tertiary alicyclic amines) is 1. The molecule has 1 aliphatic heterocycles. The van der Waals surface area contributed by atoms with Crippen LogP contribution >= 0.6 is 35.6 Å². The lowest BCUT2D eigenvalue weighted by atomic mass is 10.1. The van der Waals surface area contributed by atoms with E-state index in [-0.39, 0.29) is 30.9 Å². The molecule has 2 aromatic rings. The molecule has 1 saturated heterocycles. The van der Waals surface area contributed by atoms with Gasteiger partial charge in [-0.3, -0.25) is 9.69 Å². The minimum atomic E-state index is -1.04. The monoisotopic (exact) mass is 486 g/mol. The number of rotatable bonds is 8. The van der Waals surface area contributed by atoms with Crippen molar-refractivity contribution in [3.63, 3.8) is 0 Å². The first-order valence-electron chi connectivity index (χ1n) is 9.73. The van der Waals surface area contributed by atoms with Gasteiger partial charge in [-0.15, -0.1) is 12.4 Å². The number of hydrogen-bond donors (Lipinski definition) is 1. The fourth-order valence-electron chi connectivity index (χ4n) is 3.66. The lowest BCUT2D eigenvalue weighted by Gasteiger charge is -2.36. The SMILES string of the molecule is CN(C(=O)Cc1ccc(Cl)c(Cl)c1)C(c1cccc(OCC(=O)O)c1)N1CCCC1.Cl. The highest BCUT2D eigenvalue weighted by molar-refractivity contribution is 6.42. The van der Waals surface area contributed by atoms with Crippen molar-refractivity contribution in [2.24, 2.45) is 0 Å². The van der Waals surface area contributed by atoms with Crippen LogP contribution in [0, 0.1) is 0 Å². The molecule has 1 unspecified atom stereocenters. The second-order valence-electron chi connectivity index (χ2n) is 7.30. The van der Waals surface area contributed by atoms with Gasteiger partial charge in [-0.25, -0.2) is 4.79 Å². The molecule has 0 aromatic heterocycles. The summed E-state index contributed by atoms with van der Waals surface area (Å²) >= 11 is 12.1. The summed E-state index contributed by atoms with van der Waals surface area (Å²) in [6.07, 6.45) is 2.07. The average molecular weight is 488 g/mol. The number of carboxylic acid groups (broad SMARTS) is 1. The van der Waals surface area contributed by atoms with Crippen LogP contribution in [0.25, 0.3) is 0 Å². The minimum absolute atomic E-state index is 0. The normalized spacial score (nSPS) is 14.5. The molecule has 1 amide bonds. The molecule has 0 saturated carbocycles. The van der Waals surface area contributed by atoms with Gasteiger partial charge in [0.15, 0.2) is 6.61 Å². The van der Waals surface area contributed by atoms with Gasteiger partial charge in [0.05, 0.1) is 16.5 Å². The Labute approximate surface area is 198 Å². The topological polar surface area (TPSA) is 70.1 Å². The average Bonchev–Trinajstić information content (AvgIpc) is 3.24. The molecule has 9 heteroatoms. The number of benzene rings is 2. The van der Waals surface area contributed by atoms with Gasteiger partial charge >= 0.3 is 5.97 Å². The number of carboxylic acids is 1. The van der Waals surface area contributed by atoms with Crippen molar-refractivity contribution in [3.05, 3.63) is 63.6 Å². The molecule has 1 heterocycles. The minimum Gasteiger partial charge on any atom is -0.482 e. The summed E-state index contributed by atoms with van der Waals surface area (Å²) in [5.74, 6) is -0.628. The van der Waals surface area contributed by atoms with E-state index in [1.165, 1.54) is 0 Å². The highest BCUT2D eigenvalue weighted by atomic mass is 35.5. The first-order chi connectivity index (χ1) is 14.3. The Bertz CT molecular complexity index is 919. The highest BCUT2D eigenvalue weighted by Crippen LogP contribution is 2.31. The zero-order chi connectivity index (χ0) is 21.7. The van der Waals surface area contributed by atoms with Crippen molar-refractivity contribution < 1.29 is 19.4 Å². The fraction of sp³-hybridized carbons (Fsp3) is 0.364. The molecule has 2 aromatic carbocycles. The Kier molecular flexibility index (Phi) is 9.44. The number of halogens is 3. The molecule has 0 bridgehead atoms. The van der Waals surface area contributed by atoms with Crippen molar-refractivity contribution in [1.82, 2.24) is 9.80 Å². The molecular weight excluding hydrogens is 463 g/mol. The van der Waals surface area contributed by atoms with E-state index in [4.69, 9.17) is 33.0 Å². The van der Waals surface area contributed by atoms with Crippen LogP contribution in [0.15, 0.2) is 42.5 Å². The molecule has 0 spiro atoms. The third-order valence-electron chi connectivity index (χ3n) is 5.10. The van der Waals surface area contributed by atoms with Gasteiger partial charge in [0.25, 0.3) is 0 Å². The smallest absolute Gasteiger partial charge is 0.341 e. The van der Waals surface area contributed by atoms with Gasteiger partial charge in [0, 0.05) is 20.1 Å². The van der Waals surface area contributed by atoms with Crippen LogP contribution < -0.4 is 4.74 Å². The molecule has 6 nitrogen and oxygen atoms in total. The maximum atomic E-state index is 13.1. The molecule has 1 atom stereocenters. The number of carbonyl (C=O) groups excluding carboxylic acids is 1. The third kappa shape index (κ3) is 6.74. The molecule has 31 heavy (non-hydrogen) atoms. The van der Waals surface area contributed by atoms with Gasteiger partial charge in [0.2, 0.25) is 5.91 Å². The van der Waals surface area contributed by atoms with Crippen LogP contribution in [0.3, 0.4) is 0 Å². The van der Waals surface area contributed by atoms with Crippen LogP contribution in [0.1, 0.15) is 30.1 Å². The van der Waals surface area contributed by atoms with E-state index in [0.29, 0.717) is 15.8 Å². The van der Waals surface area contributed by atoms with Gasteiger partial charge in [-0.2, -0.15) is 0 Å². The van der Waals surface area contributed by atoms with E-state index in [9.17, 15) is 9.59 Å². The lowest BCUT2D eigenvalue weighted by Crippen LogP contribution is -2.42. The van der Waals surface area contributed by atoms with Crippen molar-refractivity contribution >= 4 is 47.5 Å². The predicted octanol–water partition coefficient (Wildman–Crippen LogP) is 4.67. The number of amides is 1. The van der Waals surface area contributed by atoms with E-state index in [0.717, 1.165) is 37.1 Å². The van der Waals surface area contributed by atoms with E-state index < -0.39 is 12.6 Å². The zero-order valence-electron chi connectivity index (χ0n) is 17.1. The maximum absolute atomic E-state index is 13.1. The summed E-state index contributed by atoms with van der Waals surface area (Å²) in [5, 5.41) is 9.73. The van der Waals surface area contributed by atoms with E-state index in [1.54, 1.807) is 42.3 Å². The van der Waals surface area contributed by atoms with E-state index in [2.05, 4.69) is 4.90 Å². The summed E-state index contributed by atoms with van der Waals surface area (Å²) in [6.45, 7) is 1.36. The molecule has 1 N–H and O–H groups in total. The van der Waals surface area contributed by atoms with Crippen molar-refractivity contribution in [1.29, 1.82) is 0 Å². The number of ether oxygens (including phenoxy) is 1. The molecule has 168 valence electrons. The molecule has 1 fully saturated rings. The standard InChI is InChI=1S/C22H24Cl2N2O4.ClH/c1-25(20(27)12-15-7-8-18(23)19(24)11-15)22(26-9-2-3-10-26)16-5-4-6-17(13-16)30-14-21(28)29;/h4-8,11,13,22H,2-3,9-10,12,14H2,1H3,(H,28,29);1H. The molecule has 0 aliphatic carbocycles. The van der Waals surface area contributed by atoms with Gasteiger partial charge in [0.1, 0.15) is 11.9 Å². The number of nitrogens with zero attached hydrogens (tertiary/aromatic N) is 2. The largest absolute Gasteiger partial charge is 0.482 e. The van der Waals surface area contributed by atoms with Crippen LogP contribution in [0.4, 0.5) is 0 Å². The highest BCUT2D eigenvalue weighted by Gasteiger charge is 2.30.